The van der Waals surface area contributed by atoms with Gasteiger partial charge in [0.05, 0.1) is 6.10 Å². The number of esters is 1. The van der Waals surface area contributed by atoms with Crippen molar-refractivity contribution in [1.82, 2.24) is 0 Å². The van der Waals surface area contributed by atoms with Crippen molar-refractivity contribution in [2.45, 2.75) is 45.3 Å². The van der Waals surface area contributed by atoms with E-state index in [9.17, 15) is 14.7 Å². The minimum absolute atomic E-state index is 0.0305. The van der Waals surface area contributed by atoms with Gasteiger partial charge in [-0.1, -0.05) is 20.4 Å². The van der Waals surface area contributed by atoms with Crippen LogP contribution >= 0.6 is 0 Å². The van der Waals surface area contributed by atoms with Gasteiger partial charge in [0.2, 0.25) is 0 Å². The van der Waals surface area contributed by atoms with Crippen LogP contribution in [0.15, 0.2) is 12.2 Å². The van der Waals surface area contributed by atoms with Crippen LogP contribution in [-0.2, 0) is 14.3 Å². The third kappa shape index (κ3) is 1.62. The summed E-state index contributed by atoms with van der Waals surface area (Å²) in [4.78, 5) is 23.9. The van der Waals surface area contributed by atoms with E-state index in [1.54, 1.807) is 0 Å². The van der Waals surface area contributed by atoms with Gasteiger partial charge < -0.3 is 9.84 Å². The largest absolute Gasteiger partial charge is 0.458 e. The second kappa shape index (κ2) is 3.92. The van der Waals surface area contributed by atoms with E-state index >= 15 is 0 Å². The molecule has 1 aliphatic heterocycles. The zero-order chi connectivity index (χ0) is 13.9. The van der Waals surface area contributed by atoms with Crippen molar-refractivity contribution in [1.29, 1.82) is 0 Å². The summed E-state index contributed by atoms with van der Waals surface area (Å²) in [7, 11) is 0. The summed E-state index contributed by atoms with van der Waals surface area (Å²) in [5.41, 5.74) is -0.0527. The van der Waals surface area contributed by atoms with Crippen LogP contribution in [0.5, 0.6) is 0 Å². The molecule has 4 heteroatoms. The van der Waals surface area contributed by atoms with E-state index in [-0.39, 0.29) is 42.0 Å². The minimum atomic E-state index is -0.560. The first-order valence-corrected chi connectivity index (χ1v) is 6.95. The molecule has 19 heavy (non-hydrogen) atoms. The van der Waals surface area contributed by atoms with Gasteiger partial charge in [0.25, 0.3) is 0 Å². The van der Waals surface area contributed by atoms with E-state index in [4.69, 9.17) is 4.74 Å². The van der Waals surface area contributed by atoms with Crippen LogP contribution in [0.3, 0.4) is 0 Å². The number of aliphatic hydroxyl groups excluding tert-OH is 1. The summed E-state index contributed by atoms with van der Waals surface area (Å²) in [5.74, 6) is -0.142. The van der Waals surface area contributed by atoms with Gasteiger partial charge in [-0.25, -0.2) is 4.79 Å². The molecule has 0 amide bonds. The van der Waals surface area contributed by atoms with Gasteiger partial charge in [0, 0.05) is 29.2 Å². The van der Waals surface area contributed by atoms with Gasteiger partial charge in [-0.2, -0.15) is 0 Å². The average molecular weight is 264 g/mol. The Hall–Kier alpha value is -1.16. The molecule has 3 rings (SSSR count). The molecule has 1 N–H and O–H groups in total. The number of ketones is 1. The summed E-state index contributed by atoms with van der Waals surface area (Å²) in [6, 6.07) is 0. The first kappa shape index (κ1) is 12.9. The fourth-order valence-electron chi connectivity index (χ4n) is 4.53. The molecule has 1 heterocycles. The van der Waals surface area contributed by atoms with Crippen molar-refractivity contribution in [3.8, 4) is 0 Å². The third-order valence-electron chi connectivity index (χ3n) is 5.46. The molecule has 0 aromatic heterocycles. The molecule has 2 unspecified atom stereocenters. The summed E-state index contributed by atoms with van der Waals surface area (Å²) in [6.45, 7) is 7.81. The van der Waals surface area contributed by atoms with Crippen LogP contribution < -0.4 is 0 Å². The van der Waals surface area contributed by atoms with Crippen molar-refractivity contribution in [2.24, 2.45) is 23.2 Å². The minimum Gasteiger partial charge on any atom is -0.458 e. The molecule has 0 spiro atoms. The van der Waals surface area contributed by atoms with Crippen molar-refractivity contribution in [3.63, 3.8) is 0 Å². The lowest BCUT2D eigenvalue weighted by molar-refractivity contribution is -0.139. The van der Waals surface area contributed by atoms with Crippen molar-refractivity contribution < 1.29 is 19.4 Å². The van der Waals surface area contributed by atoms with Crippen molar-refractivity contribution in [2.75, 3.05) is 0 Å². The lowest BCUT2D eigenvalue weighted by atomic mass is 9.69. The van der Waals surface area contributed by atoms with Crippen LogP contribution in [0, 0.1) is 23.2 Å². The molecule has 0 aromatic carbocycles. The van der Waals surface area contributed by atoms with Gasteiger partial charge in [-0.05, 0) is 18.8 Å². The summed E-state index contributed by atoms with van der Waals surface area (Å²) in [5, 5.41) is 10.2. The molecule has 0 bridgehead atoms. The first-order valence-electron chi connectivity index (χ1n) is 6.95. The van der Waals surface area contributed by atoms with Gasteiger partial charge >= 0.3 is 5.97 Å². The molecule has 2 saturated carbocycles. The maximum absolute atomic E-state index is 12.3. The lowest BCUT2D eigenvalue weighted by Crippen LogP contribution is -2.36. The van der Waals surface area contributed by atoms with E-state index in [2.05, 4.69) is 6.58 Å². The first-order chi connectivity index (χ1) is 8.84. The third-order valence-corrected chi connectivity index (χ3v) is 5.46. The molecule has 104 valence electrons. The molecule has 3 fully saturated rings. The van der Waals surface area contributed by atoms with E-state index in [1.165, 1.54) is 0 Å². The highest BCUT2D eigenvalue weighted by Crippen LogP contribution is 2.55. The van der Waals surface area contributed by atoms with Gasteiger partial charge in [-0.3, -0.25) is 4.79 Å². The predicted octanol–water partition coefficient (Wildman–Crippen LogP) is 1.47. The van der Waals surface area contributed by atoms with Crippen LogP contribution in [0.2, 0.25) is 0 Å². The Balaban J connectivity index is 2.01. The van der Waals surface area contributed by atoms with Crippen molar-refractivity contribution in [3.05, 3.63) is 12.2 Å². The van der Waals surface area contributed by atoms with Crippen molar-refractivity contribution >= 4 is 11.8 Å². The lowest BCUT2D eigenvalue weighted by Gasteiger charge is -2.33. The SMILES string of the molecule is C=C1C(=O)OC2C[C@H](C)[C@@H]3[C@@H](O)CC(=O)[C@@]3(C)CC12. The number of rotatable bonds is 0. The number of carbonyl (C=O) groups is 2. The number of aliphatic hydroxyl groups is 1. The zero-order valence-electron chi connectivity index (χ0n) is 11.4. The van der Waals surface area contributed by atoms with E-state index in [0.717, 1.165) is 0 Å². The quantitative estimate of drug-likeness (QED) is 0.531. The molecular weight excluding hydrogens is 244 g/mol. The van der Waals surface area contributed by atoms with E-state index in [1.807, 2.05) is 13.8 Å². The highest BCUT2D eigenvalue weighted by molar-refractivity contribution is 5.92. The molecule has 2 aliphatic carbocycles. The highest BCUT2D eigenvalue weighted by Gasteiger charge is 2.58. The number of hydrogen-bond donors (Lipinski definition) is 1. The molecule has 0 radical (unpaired) electrons. The number of Topliss-reactive ketones (excluding diaryl/α,β-unsaturated/α-hetero) is 1. The number of carbonyl (C=O) groups excluding carboxylic acids is 2. The summed E-state index contributed by atoms with van der Waals surface area (Å²) >= 11 is 0. The molecule has 1 saturated heterocycles. The number of ether oxygens (including phenoxy) is 1. The van der Waals surface area contributed by atoms with Gasteiger partial charge in [-0.15, -0.1) is 0 Å². The Morgan fingerprint density at radius 3 is 2.79 bits per heavy atom. The Kier molecular flexibility index (Phi) is 2.65. The maximum atomic E-state index is 12.3. The topological polar surface area (TPSA) is 63.6 Å². The molecule has 6 atom stereocenters. The maximum Gasteiger partial charge on any atom is 0.334 e. The Morgan fingerprint density at radius 1 is 1.42 bits per heavy atom. The normalized spacial score (nSPS) is 49.6. The zero-order valence-corrected chi connectivity index (χ0v) is 11.4. The van der Waals surface area contributed by atoms with Crippen LogP contribution in [0.4, 0.5) is 0 Å². The van der Waals surface area contributed by atoms with E-state index in [0.29, 0.717) is 18.4 Å². The number of hydrogen-bond acceptors (Lipinski definition) is 4. The summed E-state index contributed by atoms with van der Waals surface area (Å²) in [6.07, 6.45) is 0.796. The highest BCUT2D eigenvalue weighted by atomic mass is 16.6. The fourth-order valence-corrected chi connectivity index (χ4v) is 4.53. The fraction of sp³-hybridized carbons (Fsp3) is 0.733. The Bertz CT molecular complexity index is 469. The Labute approximate surface area is 112 Å². The Morgan fingerprint density at radius 2 is 2.11 bits per heavy atom. The smallest absolute Gasteiger partial charge is 0.334 e. The van der Waals surface area contributed by atoms with E-state index < -0.39 is 11.5 Å². The standard InChI is InChI=1S/C15H20O4/c1-7-4-11-9(8(2)14(18)19-11)6-15(3)12(17)5-10(16)13(7)15/h7,9-11,13,16H,2,4-6H2,1,3H3/t7-,9?,10-,11?,13+,15+/m0/s1. The van der Waals surface area contributed by atoms with Gasteiger partial charge in [0.15, 0.2) is 0 Å². The molecular formula is C15H20O4. The second-order valence-corrected chi connectivity index (χ2v) is 6.63. The molecule has 4 nitrogen and oxygen atoms in total. The molecule has 3 aliphatic rings. The summed E-state index contributed by atoms with van der Waals surface area (Å²) < 4.78 is 5.38. The monoisotopic (exact) mass is 264 g/mol. The molecule has 0 aromatic rings. The van der Waals surface area contributed by atoms with Crippen LogP contribution in [0.25, 0.3) is 0 Å². The second-order valence-electron chi connectivity index (χ2n) is 6.63. The average Bonchev–Trinajstić information content (AvgIpc) is 2.63. The predicted molar refractivity (Wildman–Crippen MR) is 68.1 cm³/mol. The van der Waals surface area contributed by atoms with Crippen LogP contribution in [-0.4, -0.2) is 29.1 Å². The number of fused-ring (bicyclic) bond motifs is 2. The van der Waals surface area contributed by atoms with Gasteiger partial charge in [0.1, 0.15) is 11.9 Å². The van der Waals surface area contributed by atoms with Crippen LogP contribution in [0.1, 0.15) is 33.1 Å².